The molecule has 1 aromatic heterocycles. The SMILES string of the molecule is CCC(=O)NCCC(=O)N[C@H](CCCN=C(N)N)C(=O)N[C@H](CCCN=C(N)N)C(=O)N[C@H](CCSC)C(=O)N[C@H](CCCCN)C(=O)N[C@H](Cc1c[nH]c2ccccc12)C(=O)N[C@H](CCCCN)C(=O)N[C@H](CCCCN)C(N)=O.COc1cc([C@@H]2c3cc4c(cc3[C@H](OC(=O)CCN3C(=O)CC(SC[C@@H](C)N)C3=O)[C@H]3COC(=O)[C@H]23)OCO4)cc(OC)c1OC. The van der Waals surface area contributed by atoms with Crippen molar-refractivity contribution in [1.82, 2.24) is 52.4 Å². The third-order valence-electron chi connectivity index (χ3n) is 21.6. The van der Waals surface area contributed by atoms with Crippen LogP contribution in [0.5, 0.6) is 28.7 Å². The van der Waals surface area contributed by atoms with Crippen LogP contribution in [0.4, 0.5) is 0 Å². The topological polar surface area (TPSA) is 661 Å². The average Bonchev–Trinajstić information content (AvgIpc) is 1.65. The molecule has 41 nitrogen and oxygen atoms in total. The number of aliphatic imine (C=N–C) groups is 2. The van der Waals surface area contributed by atoms with Gasteiger partial charge in [-0.05, 0) is 175 Å². The largest absolute Gasteiger partial charge is 0.493 e. The van der Waals surface area contributed by atoms with Crippen LogP contribution in [0.3, 0.4) is 0 Å². The molecule has 43 heteroatoms. The number of esters is 2. The summed E-state index contributed by atoms with van der Waals surface area (Å²) >= 11 is 2.73. The molecule has 11 amide bonds. The van der Waals surface area contributed by atoms with E-state index in [4.69, 9.17) is 84.8 Å². The van der Waals surface area contributed by atoms with E-state index in [-0.39, 0.29) is 165 Å². The van der Waals surface area contributed by atoms with E-state index in [2.05, 4.69) is 57.5 Å². The summed E-state index contributed by atoms with van der Waals surface area (Å²) < 4.78 is 39.7. The number of hydrogen-bond acceptors (Lipinski definition) is 28. The first-order chi connectivity index (χ1) is 60.9. The molecule has 0 bridgehead atoms. The molecule has 700 valence electrons. The summed E-state index contributed by atoms with van der Waals surface area (Å²) in [5.74, 6) is -6.75. The Hall–Kier alpha value is -11.4. The summed E-state index contributed by atoms with van der Waals surface area (Å²) in [5, 5.41) is 22.1. The van der Waals surface area contributed by atoms with Gasteiger partial charge in [0.05, 0.1) is 45.5 Å². The van der Waals surface area contributed by atoms with E-state index in [0.29, 0.717) is 114 Å². The van der Waals surface area contributed by atoms with E-state index in [1.54, 1.807) is 43.6 Å². The second kappa shape index (κ2) is 52.6. The van der Waals surface area contributed by atoms with Crippen LogP contribution in [-0.2, 0) is 78.2 Å². The molecule has 4 aliphatic rings. The fraction of sp³-hybridized carbons (Fsp3) is 0.583. The number of amides is 11. The van der Waals surface area contributed by atoms with E-state index >= 15 is 0 Å². The molecule has 0 saturated carbocycles. The van der Waals surface area contributed by atoms with Crippen LogP contribution in [0.15, 0.2) is 64.7 Å². The monoisotopic (exact) mass is 1810 g/mol. The maximum Gasteiger partial charge on any atom is 0.310 e. The molecule has 127 heavy (non-hydrogen) atoms. The lowest BCUT2D eigenvalue weighted by Gasteiger charge is -2.38. The Bertz CT molecular complexity index is 4450. The number of rotatable bonds is 54. The van der Waals surface area contributed by atoms with Crippen molar-refractivity contribution in [3.05, 3.63) is 77.0 Å². The predicted octanol–water partition coefficient (Wildman–Crippen LogP) is -0.689. The Kier molecular flexibility index (Phi) is 42.6. The van der Waals surface area contributed by atoms with E-state index in [0.717, 1.165) is 15.8 Å². The van der Waals surface area contributed by atoms with Gasteiger partial charge < -0.3 is 132 Å². The van der Waals surface area contributed by atoms with Gasteiger partial charge in [-0.25, -0.2) is 0 Å². The minimum atomic E-state index is -1.33. The number of para-hydroxylation sites is 1. The lowest BCUT2D eigenvalue weighted by Crippen LogP contribution is -2.60. The van der Waals surface area contributed by atoms with Crippen molar-refractivity contribution in [2.75, 3.05) is 98.3 Å². The molecule has 27 N–H and O–H groups in total. The minimum absolute atomic E-state index is 0.0149. The number of carbonyl (C=O) groups is 13. The molecular formula is C84H127N21O20S2. The Morgan fingerprint density at radius 2 is 1.11 bits per heavy atom. The maximum absolute atomic E-state index is 14.7. The van der Waals surface area contributed by atoms with Crippen LogP contribution in [0.1, 0.15) is 164 Å². The van der Waals surface area contributed by atoms with Crippen molar-refractivity contribution in [2.45, 2.75) is 201 Å². The quantitative estimate of drug-likeness (QED) is 0.00855. The number of aromatic amines is 1. The minimum Gasteiger partial charge on any atom is -0.493 e. The number of nitrogens with zero attached hydrogens (tertiary/aromatic N) is 3. The number of benzene rings is 3. The number of ether oxygens (including phenoxy) is 7. The highest BCUT2D eigenvalue weighted by Crippen LogP contribution is 2.57. The van der Waals surface area contributed by atoms with Gasteiger partial charge in [0, 0.05) is 98.2 Å². The Labute approximate surface area is 746 Å². The summed E-state index contributed by atoms with van der Waals surface area (Å²) in [4.78, 5) is 188. The number of H-pyrrole nitrogens is 1. The normalized spacial score (nSPS) is 17.8. The molecule has 4 aromatic rings. The number of hydrogen-bond donors (Lipinski definition) is 18. The third kappa shape index (κ3) is 31.0. The Morgan fingerprint density at radius 3 is 1.62 bits per heavy atom. The summed E-state index contributed by atoms with van der Waals surface area (Å²) in [6.45, 7) is 4.61. The van der Waals surface area contributed by atoms with Crippen molar-refractivity contribution < 1.29 is 95.5 Å². The number of carbonyl (C=O) groups excluding carboxylic acids is 13. The molecule has 8 rings (SSSR count). The number of primary amides is 1. The first-order valence-electron chi connectivity index (χ1n) is 42.7. The number of imide groups is 1. The lowest BCUT2D eigenvalue weighted by molar-refractivity contribution is -0.155. The van der Waals surface area contributed by atoms with Crippen LogP contribution in [0.25, 0.3) is 10.9 Å². The molecule has 2 fully saturated rings. The van der Waals surface area contributed by atoms with Crippen LogP contribution in [-0.4, -0.2) is 251 Å². The fourth-order valence-corrected chi connectivity index (χ4v) is 16.6. The molecule has 3 aliphatic heterocycles. The zero-order valence-corrected chi connectivity index (χ0v) is 74.6. The van der Waals surface area contributed by atoms with Gasteiger partial charge in [0.2, 0.25) is 77.5 Å². The first kappa shape index (κ1) is 103. The lowest BCUT2D eigenvalue weighted by atomic mass is 9.66. The number of thioether (sulfide) groups is 2. The molecule has 0 spiro atoms. The highest BCUT2D eigenvalue weighted by molar-refractivity contribution is 8.00. The van der Waals surface area contributed by atoms with E-state index in [1.807, 2.05) is 31.2 Å². The van der Waals surface area contributed by atoms with E-state index in [9.17, 15) is 62.3 Å². The van der Waals surface area contributed by atoms with Crippen LogP contribution in [0.2, 0.25) is 0 Å². The zero-order valence-electron chi connectivity index (χ0n) is 72.9. The highest BCUT2D eigenvalue weighted by Gasteiger charge is 2.55. The van der Waals surface area contributed by atoms with Gasteiger partial charge in [-0.15, -0.1) is 11.8 Å². The third-order valence-corrected chi connectivity index (χ3v) is 23.8. The number of guanidine groups is 2. The molecule has 13 atom stereocenters. The van der Waals surface area contributed by atoms with Crippen molar-refractivity contribution in [1.29, 1.82) is 0 Å². The summed E-state index contributed by atoms with van der Waals surface area (Å²) in [5.41, 5.74) is 54.3. The number of aromatic nitrogens is 1. The summed E-state index contributed by atoms with van der Waals surface area (Å²) in [6.07, 6.45) is 6.36. The number of nitrogens with two attached hydrogens (primary N) is 9. The van der Waals surface area contributed by atoms with Gasteiger partial charge >= 0.3 is 11.9 Å². The van der Waals surface area contributed by atoms with Crippen molar-refractivity contribution >= 4 is 123 Å². The molecule has 3 aromatic carbocycles. The van der Waals surface area contributed by atoms with Gasteiger partial charge in [0.1, 0.15) is 48.4 Å². The summed E-state index contributed by atoms with van der Waals surface area (Å²) in [7, 11) is 4.53. The number of cyclic esters (lactones) is 1. The molecule has 2 saturated heterocycles. The highest BCUT2D eigenvalue weighted by atomic mass is 32.2. The number of unbranched alkanes of at least 4 members (excludes halogenated alkanes) is 3. The number of fused-ring (bicyclic) bond motifs is 4. The molecule has 4 heterocycles. The van der Waals surface area contributed by atoms with Crippen LogP contribution < -0.4 is 118 Å². The number of likely N-dealkylation sites (tertiary alicyclic amines) is 1. The fourth-order valence-electron chi connectivity index (χ4n) is 15.1. The van der Waals surface area contributed by atoms with Gasteiger partial charge in [0.15, 0.2) is 34.9 Å². The Balaban J connectivity index is 0.000000401. The average molecular weight is 1820 g/mol. The van der Waals surface area contributed by atoms with Gasteiger partial charge in [-0.2, -0.15) is 11.8 Å². The van der Waals surface area contributed by atoms with Gasteiger partial charge in [-0.3, -0.25) is 77.2 Å². The second-order valence-electron chi connectivity index (χ2n) is 31.1. The zero-order chi connectivity index (χ0) is 92.8. The second-order valence-corrected chi connectivity index (χ2v) is 33.3. The number of methoxy groups -OCH3 is 3. The molecule has 0 radical (unpaired) electrons. The van der Waals surface area contributed by atoms with Gasteiger partial charge in [0.25, 0.3) is 0 Å². The molecule has 1 aliphatic carbocycles. The van der Waals surface area contributed by atoms with Crippen molar-refractivity contribution in [3.8, 4) is 28.7 Å². The van der Waals surface area contributed by atoms with Crippen molar-refractivity contribution in [3.63, 3.8) is 0 Å². The van der Waals surface area contributed by atoms with E-state index < -0.39 is 131 Å². The smallest absolute Gasteiger partial charge is 0.310 e. The predicted molar refractivity (Wildman–Crippen MR) is 477 cm³/mol. The molecular weight excluding hydrogens is 1690 g/mol. The van der Waals surface area contributed by atoms with Gasteiger partial charge in [-0.1, -0.05) is 25.1 Å². The molecule has 1 unspecified atom stereocenters. The van der Waals surface area contributed by atoms with Crippen LogP contribution in [0, 0.1) is 11.8 Å². The number of nitrogens with one attached hydrogen (secondary N) is 9. The van der Waals surface area contributed by atoms with E-state index in [1.165, 1.54) is 44.9 Å². The standard InChI is InChI=1S/C52H91N19O9S.C32H36N2O11S/c1-3-42(72)61-28-21-43(73)65-36(19-12-26-62-51(57)58)45(75)68-39(20-13-27-63-52(59)60)47(77)70-40(22-29-81-2)49(79)67-38(18-8-11-25-55)48(78)71-41(30-32-31-64-34-15-5-4-14-33(32)34)50(80)69-37(17-7-10-24-54)46(76)66-35(44(56)74)16-6-9-23-53;1-15(33)13-46-24-11-25(35)34(31(24)37)6-5-26(36)45-29-18-10-21-20(43-14-44-21)9-17(18)27(28-19(29)12-42-32(28)38)16-7-22(39-2)30(41-4)23(8-16)40-3/h4-5,14-15,31,35-41,64H,3,6-13,16-30,53-55H2,1-2H3,(H2,56,74)(H,61,72)(H,65,73)(H,66,76)(H,67,79)(H,68,75)(H,69,80)(H,70,77)(H,71,78)(H4,57,58,62)(H4,59,60,63);7-10,15,19,24,27-29H,5-6,11-14,33H2,1-4H3/t35-,36-,37-,38-,39-,40-,41-;15-,19+,24?,27-,28+,29+/m11/s1. The van der Waals surface area contributed by atoms with Crippen LogP contribution >= 0.6 is 23.5 Å². The van der Waals surface area contributed by atoms with Crippen molar-refractivity contribution in [2.24, 2.45) is 73.4 Å². The maximum atomic E-state index is 14.7. The Morgan fingerprint density at radius 1 is 0.606 bits per heavy atom. The first-order valence-corrected chi connectivity index (χ1v) is 45.1. The summed E-state index contributed by atoms with van der Waals surface area (Å²) in [6, 6.07) is 5.83.